The number of halogens is 1. The zero-order valence-electron chi connectivity index (χ0n) is 9.16. The predicted molar refractivity (Wildman–Crippen MR) is 69.3 cm³/mol. The predicted octanol–water partition coefficient (Wildman–Crippen LogP) is 1.40. The molecule has 0 bridgehead atoms. The van der Waals surface area contributed by atoms with Gasteiger partial charge in [0.1, 0.15) is 5.54 Å². The number of rotatable bonds is 5. The van der Waals surface area contributed by atoms with E-state index in [1.165, 1.54) is 11.8 Å². The lowest BCUT2D eigenvalue weighted by molar-refractivity contribution is -0.122. The molecule has 1 rings (SSSR count). The molecule has 1 heterocycles. The first-order valence-corrected chi connectivity index (χ1v) is 6.49. The molecular weight excluding hydrogens is 290 g/mol. The molecule has 0 saturated carbocycles. The fraction of sp³-hybridized carbons (Fsp3) is 0.400. The van der Waals surface area contributed by atoms with Gasteiger partial charge in [0.05, 0.1) is 5.03 Å². The number of carbonyl (C=O) groups is 1. The molecule has 0 fully saturated rings. The van der Waals surface area contributed by atoms with E-state index in [0.29, 0.717) is 5.75 Å². The third-order valence-electron chi connectivity index (χ3n) is 2.30. The van der Waals surface area contributed by atoms with Crippen LogP contribution < -0.4 is 11.1 Å². The van der Waals surface area contributed by atoms with E-state index in [1.54, 1.807) is 20.2 Å². The Hall–Kier alpha value is -0.590. The summed E-state index contributed by atoms with van der Waals surface area (Å²) in [6, 6.07) is 3.81. The highest BCUT2D eigenvalue weighted by Gasteiger charge is 2.29. The third kappa shape index (κ3) is 3.47. The van der Waals surface area contributed by atoms with E-state index in [9.17, 15) is 4.79 Å². The van der Waals surface area contributed by atoms with Crippen LogP contribution in [0, 0.1) is 0 Å². The molecule has 0 aliphatic carbocycles. The minimum Gasteiger partial charge on any atom is -0.368 e. The van der Waals surface area contributed by atoms with Crippen LogP contribution in [0.5, 0.6) is 0 Å². The molecule has 0 radical (unpaired) electrons. The van der Waals surface area contributed by atoms with Crippen LogP contribution in [0.4, 0.5) is 0 Å². The number of pyridine rings is 1. The Bertz CT molecular complexity index is 371. The topological polar surface area (TPSA) is 68.0 Å². The standard InChI is InChI=1S/C10H14BrN3OS/c1-10(13-2,9(12)15)6-16-8-4-3-7(11)5-14-8/h3-5,13H,6H2,1-2H3,(H2,12,15). The first-order chi connectivity index (χ1) is 7.48. The first-order valence-electron chi connectivity index (χ1n) is 4.71. The number of hydrogen-bond donors (Lipinski definition) is 2. The van der Waals surface area contributed by atoms with E-state index in [0.717, 1.165) is 9.50 Å². The molecule has 0 aromatic carbocycles. The summed E-state index contributed by atoms with van der Waals surface area (Å²) >= 11 is 4.81. The van der Waals surface area contributed by atoms with Crippen LogP contribution in [-0.4, -0.2) is 29.2 Å². The number of amides is 1. The van der Waals surface area contributed by atoms with E-state index in [2.05, 4.69) is 26.2 Å². The van der Waals surface area contributed by atoms with Crippen LogP contribution in [0.3, 0.4) is 0 Å². The van der Waals surface area contributed by atoms with E-state index in [4.69, 9.17) is 5.73 Å². The summed E-state index contributed by atoms with van der Waals surface area (Å²) in [4.78, 5) is 15.5. The van der Waals surface area contributed by atoms with Crippen LogP contribution in [0.2, 0.25) is 0 Å². The summed E-state index contributed by atoms with van der Waals surface area (Å²) < 4.78 is 0.933. The van der Waals surface area contributed by atoms with Gasteiger partial charge in [0.2, 0.25) is 5.91 Å². The quantitative estimate of drug-likeness (QED) is 0.807. The third-order valence-corrected chi connectivity index (χ3v) is 4.03. The number of nitrogens with one attached hydrogen (secondary N) is 1. The number of aromatic nitrogens is 1. The number of primary amides is 1. The average molecular weight is 304 g/mol. The van der Waals surface area contributed by atoms with E-state index in [-0.39, 0.29) is 5.91 Å². The van der Waals surface area contributed by atoms with Crippen molar-refractivity contribution in [2.45, 2.75) is 17.5 Å². The maximum atomic E-state index is 11.2. The molecule has 0 spiro atoms. The number of carbonyl (C=O) groups excluding carboxylic acids is 1. The second-order valence-corrected chi connectivity index (χ2v) is 5.46. The number of thioether (sulfide) groups is 1. The van der Waals surface area contributed by atoms with Gasteiger partial charge in [-0.05, 0) is 42.0 Å². The van der Waals surface area contributed by atoms with Gasteiger partial charge in [-0.15, -0.1) is 11.8 Å². The SMILES string of the molecule is CNC(C)(CSc1ccc(Br)cn1)C(N)=O. The summed E-state index contributed by atoms with van der Waals surface area (Å²) in [7, 11) is 1.72. The number of hydrogen-bond acceptors (Lipinski definition) is 4. The van der Waals surface area contributed by atoms with Crippen molar-refractivity contribution in [3.63, 3.8) is 0 Å². The van der Waals surface area contributed by atoms with Crippen molar-refractivity contribution in [1.29, 1.82) is 0 Å². The Balaban J connectivity index is 2.63. The molecule has 1 amide bonds. The molecule has 1 unspecified atom stereocenters. The molecule has 0 aliphatic heterocycles. The molecule has 88 valence electrons. The first kappa shape index (κ1) is 13.5. The van der Waals surface area contributed by atoms with Gasteiger partial charge >= 0.3 is 0 Å². The average Bonchev–Trinajstić information content (AvgIpc) is 2.27. The molecule has 4 nitrogen and oxygen atoms in total. The Labute approximate surface area is 108 Å². The Morgan fingerprint density at radius 2 is 2.38 bits per heavy atom. The maximum Gasteiger partial charge on any atom is 0.238 e. The monoisotopic (exact) mass is 303 g/mol. The van der Waals surface area contributed by atoms with Crippen LogP contribution in [-0.2, 0) is 4.79 Å². The highest BCUT2D eigenvalue weighted by atomic mass is 79.9. The molecule has 0 saturated heterocycles. The second-order valence-electron chi connectivity index (χ2n) is 3.55. The van der Waals surface area contributed by atoms with Crippen molar-refractivity contribution >= 4 is 33.6 Å². The fourth-order valence-corrected chi connectivity index (χ4v) is 2.18. The molecule has 16 heavy (non-hydrogen) atoms. The minimum absolute atomic E-state index is 0.361. The summed E-state index contributed by atoms with van der Waals surface area (Å²) in [5.74, 6) is 0.188. The number of nitrogens with two attached hydrogens (primary N) is 1. The summed E-state index contributed by atoms with van der Waals surface area (Å²) in [5, 5.41) is 3.79. The zero-order chi connectivity index (χ0) is 12.2. The fourth-order valence-electron chi connectivity index (χ4n) is 0.932. The van der Waals surface area contributed by atoms with Crippen molar-refractivity contribution in [1.82, 2.24) is 10.3 Å². The lowest BCUT2D eigenvalue weighted by Gasteiger charge is -2.24. The highest BCUT2D eigenvalue weighted by Crippen LogP contribution is 2.21. The van der Waals surface area contributed by atoms with Crippen LogP contribution in [0.25, 0.3) is 0 Å². The van der Waals surface area contributed by atoms with Gasteiger partial charge in [0.25, 0.3) is 0 Å². The van der Waals surface area contributed by atoms with Crippen molar-refractivity contribution < 1.29 is 4.79 Å². The smallest absolute Gasteiger partial charge is 0.238 e. The van der Waals surface area contributed by atoms with E-state index in [1.807, 2.05) is 12.1 Å². The van der Waals surface area contributed by atoms with Gasteiger partial charge in [-0.2, -0.15) is 0 Å². The maximum absolute atomic E-state index is 11.2. The van der Waals surface area contributed by atoms with Crippen molar-refractivity contribution in [3.8, 4) is 0 Å². The zero-order valence-corrected chi connectivity index (χ0v) is 11.6. The van der Waals surface area contributed by atoms with Crippen LogP contribution in [0.15, 0.2) is 27.8 Å². The van der Waals surface area contributed by atoms with Crippen LogP contribution >= 0.6 is 27.7 Å². The molecule has 3 N–H and O–H groups in total. The minimum atomic E-state index is -0.709. The van der Waals surface area contributed by atoms with Crippen molar-refractivity contribution in [2.24, 2.45) is 5.73 Å². The van der Waals surface area contributed by atoms with Gasteiger partial charge in [0.15, 0.2) is 0 Å². The van der Waals surface area contributed by atoms with E-state index >= 15 is 0 Å². The Kier molecular flexibility index (Phi) is 4.76. The molecule has 1 aromatic rings. The summed E-state index contributed by atoms with van der Waals surface area (Å²) in [5.41, 5.74) is 4.62. The Morgan fingerprint density at radius 3 is 2.81 bits per heavy atom. The lowest BCUT2D eigenvalue weighted by Crippen LogP contribution is -2.53. The molecule has 1 aromatic heterocycles. The summed E-state index contributed by atoms with van der Waals surface area (Å²) in [6.07, 6.45) is 1.73. The van der Waals surface area contributed by atoms with Gasteiger partial charge in [-0.3, -0.25) is 4.79 Å². The van der Waals surface area contributed by atoms with Crippen molar-refractivity contribution in [3.05, 3.63) is 22.8 Å². The van der Waals surface area contributed by atoms with Gasteiger partial charge in [-0.1, -0.05) is 0 Å². The molecular formula is C10H14BrN3OS. The molecule has 0 aliphatic rings. The van der Waals surface area contributed by atoms with E-state index < -0.39 is 5.54 Å². The summed E-state index contributed by atoms with van der Waals surface area (Å²) in [6.45, 7) is 1.78. The number of likely N-dealkylation sites (N-methyl/N-ethyl adjacent to an activating group) is 1. The number of nitrogens with zero attached hydrogens (tertiary/aromatic N) is 1. The molecule has 1 atom stereocenters. The van der Waals surface area contributed by atoms with Crippen molar-refractivity contribution in [2.75, 3.05) is 12.8 Å². The highest BCUT2D eigenvalue weighted by molar-refractivity contribution is 9.10. The molecule has 6 heteroatoms. The van der Waals surface area contributed by atoms with Gasteiger partial charge in [0, 0.05) is 16.4 Å². The lowest BCUT2D eigenvalue weighted by atomic mass is 10.1. The van der Waals surface area contributed by atoms with Gasteiger partial charge in [-0.25, -0.2) is 4.98 Å². The van der Waals surface area contributed by atoms with Crippen LogP contribution in [0.1, 0.15) is 6.92 Å². The normalized spacial score (nSPS) is 14.4. The Morgan fingerprint density at radius 1 is 1.69 bits per heavy atom. The van der Waals surface area contributed by atoms with Gasteiger partial charge < -0.3 is 11.1 Å². The largest absolute Gasteiger partial charge is 0.368 e. The second kappa shape index (κ2) is 5.65.